The van der Waals surface area contributed by atoms with E-state index < -0.39 is 144 Å². The molecule has 0 bridgehead atoms. The molecule has 0 saturated carbocycles. The Morgan fingerprint density at radius 3 is 0.939 bits per heavy atom. The van der Waals surface area contributed by atoms with Crippen molar-refractivity contribution in [2.45, 2.75) is 20.4 Å². The highest BCUT2D eigenvalue weighted by molar-refractivity contribution is 7.20. The first-order valence-electron chi connectivity index (χ1n) is 18.3. The maximum Gasteiger partial charge on any atom is 0.200 e. The van der Waals surface area contributed by atoms with Gasteiger partial charge in [-0.25, -0.2) is 92.4 Å². The van der Waals surface area contributed by atoms with Gasteiger partial charge in [0.05, 0.1) is 0 Å². The van der Waals surface area contributed by atoms with Gasteiger partial charge in [-0.2, -0.15) is 0 Å². The molecule has 0 atom stereocenters. The minimum Gasteiger partial charge on any atom is -0.207 e. The van der Waals surface area contributed by atoms with E-state index in [1.165, 1.54) is 27.8 Å². The fourth-order valence-corrected chi connectivity index (χ4v) is 7.46. The van der Waals surface area contributed by atoms with Crippen molar-refractivity contribution in [3.8, 4) is 11.1 Å². The molecule has 1 nitrogen and oxygen atoms in total. The molecule has 0 aliphatic rings. The Morgan fingerprint density at radius 2 is 0.636 bits per heavy atom. The van der Waals surface area contributed by atoms with Crippen LogP contribution in [0.2, 0.25) is 0 Å². The Hall–Kier alpha value is -6.87. The van der Waals surface area contributed by atoms with Crippen molar-refractivity contribution in [1.29, 1.82) is 0 Å². The third-order valence-electron chi connectivity index (χ3n) is 10.5. The Balaban J connectivity index is 0.000000284. The maximum absolute atomic E-state index is 15.4. The first-order valence-corrected chi connectivity index (χ1v) is 18.3. The zero-order valence-corrected chi connectivity index (χ0v) is 32.7. The summed E-state index contributed by atoms with van der Waals surface area (Å²) in [5.74, 6) is -71.4. The summed E-state index contributed by atoms with van der Waals surface area (Å²) in [6.45, 7) is 5.22. The molecule has 7 rings (SSSR count). The van der Waals surface area contributed by atoms with Crippen LogP contribution in [-0.4, -0.2) is 6.15 Å². The molecule has 0 N–H and O–H groups in total. The molecule has 0 aliphatic heterocycles. The molecular formula is C44H20BF20N. The highest BCUT2D eigenvalue weighted by Gasteiger charge is 2.52. The predicted octanol–water partition coefficient (Wildman–Crippen LogP) is 10.2. The fraction of sp³-hybridized carbons (Fsp3) is 0.0682. The molecule has 0 saturated heterocycles. The van der Waals surface area contributed by atoms with Crippen molar-refractivity contribution in [2.75, 3.05) is 0 Å². The molecular weight excluding hydrogens is 933 g/mol. The number of halogens is 20. The van der Waals surface area contributed by atoms with Crippen molar-refractivity contribution in [3.63, 3.8) is 0 Å². The largest absolute Gasteiger partial charge is 0.207 e. The predicted molar refractivity (Wildman–Crippen MR) is 196 cm³/mol. The van der Waals surface area contributed by atoms with Gasteiger partial charge in [-0.1, -0.05) is 54.1 Å². The average Bonchev–Trinajstić information content (AvgIpc) is 3.30. The van der Waals surface area contributed by atoms with Gasteiger partial charge >= 0.3 is 0 Å². The monoisotopic (exact) mass is 953 g/mol. The zero-order chi connectivity index (χ0) is 49.0. The maximum atomic E-state index is 15.4. The highest BCUT2D eigenvalue weighted by atomic mass is 19.2. The number of aryl methyl sites for hydroxylation is 2. The summed E-state index contributed by atoms with van der Waals surface area (Å²) in [6, 6.07) is 21.5. The van der Waals surface area contributed by atoms with E-state index in [1.54, 1.807) is 0 Å². The van der Waals surface area contributed by atoms with Crippen molar-refractivity contribution in [2.24, 2.45) is 0 Å². The second-order valence-corrected chi connectivity index (χ2v) is 14.4. The Kier molecular flexibility index (Phi) is 13.4. The van der Waals surface area contributed by atoms with E-state index >= 15 is 35.1 Å². The molecule has 0 unspecified atom stereocenters. The fourth-order valence-electron chi connectivity index (χ4n) is 7.46. The van der Waals surface area contributed by atoms with Crippen LogP contribution in [0, 0.1) is 130 Å². The van der Waals surface area contributed by atoms with Crippen LogP contribution in [0.15, 0.2) is 73.1 Å². The van der Waals surface area contributed by atoms with Gasteiger partial charge in [-0.3, -0.25) is 0 Å². The van der Waals surface area contributed by atoms with Crippen LogP contribution in [0.5, 0.6) is 0 Å². The number of hydrogen-bond acceptors (Lipinski definition) is 0. The van der Waals surface area contributed by atoms with E-state index in [0.29, 0.717) is 0 Å². The number of nitrogens with zero attached hydrogens (tertiary/aromatic N) is 1. The second-order valence-electron chi connectivity index (χ2n) is 14.4. The molecule has 66 heavy (non-hydrogen) atoms. The lowest BCUT2D eigenvalue weighted by Crippen LogP contribution is -2.81. The highest BCUT2D eigenvalue weighted by Crippen LogP contribution is 2.31. The minimum absolute atomic E-state index is 0.911. The Morgan fingerprint density at radius 1 is 0.348 bits per heavy atom. The van der Waals surface area contributed by atoms with Crippen LogP contribution >= 0.6 is 0 Å². The van der Waals surface area contributed by atoms with Gasteiger partial charge in [0, 0.05) is 17.7 Å². The molecule has 1 aromatic heterocycles. The zero-order valence-electron chi connectivity index (χ0n) is 32.7. The van der Waals surface area contributed by atoms with Crippen molar-refractivity contribution < 1.29 is 92.4 Å². The molecule has 0 radical (unpaired) electrons. The third-order valence-corrected chi connectivity index (χ3v) is 10.5. The first-order chi connectivity index (χ1) is 30.9. The van der Waals surface area contributed by atoms with Crippen molar-refractivity contribution in [1.82, 2.24) is 0 Å². The van der Waals surface area contributed by atoms with Crippen LogP contribution in [0.25, 0.3) is 11.1 Å². The van der Waals surface area contributed by atoms with E-state index in [2.05, 4.69) is 91.5 Å². The van der Waals surface area contributed by atoms with Gasteiger partial charge in [0.15, 0.2) is 88.7 Å². The van der Waals surface area contributed by atoms with E-state index in [-0.39, 0.29) is 0 Å². The molecule has 1 heterocycles. The van der Waals surface area contributed by atoms with Gasteiger partial charge in [0.25, 0.3) is 0 Å². The SMILES string of the molecule is Cc1ccc(C)c(-c2cc[n+](Cc3ccccc3)cc2)c1.Fc1c(F)c(F)c([B-](c2c(F)c(F)c(F)c(F)c2F)(c2c(F)c(F)c(F)c(F)c2F)c2c(F)c(F)c(F)c(F)c2F)c(F)c1F. The van der Waals surface area contributed by atoms with Gasteiger partial charge in [-0.05, 0) is 30.5 Å². The first kappa shape index (κ1) is 48.6. The molecule has 0 aliphatic carbocycles. The van der Waals surface area contributed by atoms with Crippen LogP contribution in [0.4, 0.5) is 87.8 Å². The summed E-state index contributed by atoms with van der Waals surface area (Å²) < 4.78 is 296. The smallest absolute Gasteiger partial charge is 0.200 e. The number of benzene rings is 6. The topological polar surface area (TPSA) is 3.88 Å². The van der Waals surface area contributed by atoms with E-state index in [0.717, 1.165) is 6.54 Å². The van der Waals surface area contributed by atoms with E-state index in [1.807, 2.05) is 0 Å². The lowest BCUT2D eigenvalue weighted by molar-refractivity contribution is -0.688. The summed E-state index contributed by atoms with van der Waals surface area (Å²) in [7, 11) is 0. The minimum atomic E-state index is -7.22. The van der Waals surface area contributed by atoms with Crippen LogP contribution in [0.1, 0.15) is 16.7 Å². The Labute approximate surface area is 357 Å². The molecule has 0 spiro atoms. The van der Waals surface area contributed by atoms with E-state index in [9.17, 15) is 52.7 Å². The van der Waals surface area contributed by atoms with E-state index in [4.69, 9.17) is 0 Å². The van der Waals surface area contributed by atoms with Crippen LogP contribution in [-0.2, 0) is 6.54 Å². The Bertz CT molecular complexity index is 2690. The number of aromatic nitrogens is 1. The summed E-state index contributed by atoms with van der Waals surface area (Å²) in [6.07, 6.45) is -2.90. The standard InChI is InChI=1S/C24BF20.C20H20N/c26-5-1(6(27)14(35)21(42)13(5)34)25(2-7(28)15(36)22(43)16(37)8(2)29,3-9(30)17(38)23(44)18(39)10(3)31)4-11(32)19(40)24(45)20(41)12(4)33;1-16-8-9-17(2)20(14-16)19-10-12-21(13-11-19)15-18-6-4-3-5-7-18/h;3-14H,15H2,1-2H3/q-1;+1. The van der Waals surface area contributed by atoms with Crippen molar-refractivity contribution >= 4 is 28.0 Å². The summed E-state index contributed by atoms with van der Waals surface area (Å²) in [5.41, 5.74) is -7.79. The number of pyridine rings is 1. The van der Waals surface area contributed by atoms with Gasteiger partial charge in [0.1, 0.15) is 52.7 Å². The quantitative estimate of drug-likeness (QED) is 0.0493. The number of rotatable bonds is 7. The third kappa shape index (κ3) is 7.78. The second kappa shape index (κ2) is 18.2. The molecule has 344 valence electrons. The molecule has 0 fully saturated rings. The van der Waals surface area contributed by atoms with Gasteiger partial charge < -0.3 is 0 Å². The summed E-state index contributed by atoms with van der Waals surface area (Å²) in [4.78, 5) is 0. The molecule has 22 heteroatoms. The normalized spacial score (nSPS) is 11.5. The molecule has 0 amide bonds. The van der Waals surface area contributed by atoms with Crippen molar-refractivity contribution in [3.05, 3.63) is 206 Å². The average molecular weight is 953 g/mol. The molecule has 7 aromatic rings. The summed E-state index contributed by atoms with van der Waals surface area (Å²) >= 11 is 0. The lowest BCUT2D eigenvalue weighted by Gasteiger charge is -2.44. The van der Waals surface area contributed by atoms with Crippen LogP contribution in [0.3, 0.4) is 0 Å². The molecule has 6 aromatic carbocycles. The van der Waals surface area contributed by atoms with Gasteiger partial charge in [-0.15, -0.1) is 21.9 Å². The van der Waals surface area contributed by atoms with Gasteiger partial charge in [0.2, 0.25) is 0 Å². The lowest BCUT2D eigenvalue weighted by atomic mass is 9.12. The number of hydrogen-bond donors (Lipinski definition) is 0. The van der Waals surface area contributed by atoms with Crippen LogP contribution < -0.4 is 26.4 Å². The summed E-state index contributed by atoms with van der Waals surface area (Å²) in [5, 5.41) is 0.